The van der Waals surface area contributed by atoms with E-state index in [9.17, 15) is 4.79 Å². The number of nitrogens with zero attached hydrogens (tertiary/aromatic N) is 5. The molecule has 7 nitrogen and oxygen atoms in total. The van der Waals surface area contributed by atoms with Crippen molar-refractivity contribution < 1.29 is 4.79 Å². The summed E-state index contributed by atoms with van der Waals surface area (Å²) in [6.45, 7) is 7.98. The van der Waals surface area contributed by atoms with Gasteiger partial charge >= 0.3 is 0 Å². The second kappa shape index (κ2) is 7.57. The van der Waals surface area contributed by atoms with E-state index in [-0.39, 0.29) is 5.91 Å². The monoisotopic (exact) mass is 406 g/mol. The maximum absolute atomic E-state index is 12.7. The van der Waals surface area contributed by atoms with Gasteiger partial charge in [-0.05, 0) is 29.2 Å². The number of likely N-dealkylation sites (N-methyl/N-ethyl adjacent to an activating group) is 1. The van der Waals surface area contributed by atoms with Gasteiger partial charge in [-0.3, -0.25) is 9.78 Å². The lowest BCUT2D eigenvalue weighted by Crippen LogP contribution is -2.34. The molecule has 0 bridgehead atoms. The lowest BCUT2D eigenvalue weighted by atomic mass is 9.97. The minimum atomic E-state index is -0.00295. The Bertz CT molecular complexity index is 1150. The Morgan fingerprint density at radius 3 is 2.93 bits per heavy atom. The third kappa shape index (κ3) is 3.67. The van der Waals surface area contributed by atoms with Crippen LogP contribution in [-0.4, -0.2) is 39.2 Å². The summed E-state index contributed by atoms with van der Waals surface area (Å²) in [4.78, 5) is 22.3. The smallest absolute Gasteiger partial charge is 0.299 e. The molecule has 0 atom stereocenters. The zero-order valence-electron chi connectivity index (χ0n) is 16.1. The van der Waals surface area contributed by atoms with Crippen molar-refractivity contribution in [2.75, 3.05) is 18.9 Å². The Kier molecular flexibility index (Phi) is 4.95. The van der Waals surface area contributed by atoms with E-state index >= 15 is 0 Å². The van der Waals surface area contributed by atoms with Gasteiger partial charge in [0.1, 0.15) is 0 Å². The lowest BCUT2D eigenvalue weighted by Gasteiger charge is -2.27. The predicted molar refractivity (Wildman–Crippen MR) is 112 cm³/mol. The van der Waals surface area contributed by atoms with Gasteiger partial charge in [-0.1, -0.05) is 30.3 Å². The van der Waals surface area contributed by atoms with Crippen molar-refractivity contribution in [1.29, 1.82) is 0 Å². The number of aryl methyl sites for hydroxylation is 1. The van der Waals surface area contributed by atoms with Crippen LogP contribution in [0.15, 0.2) is 36.7 Å². The van der Waals surface area contributed by atoms with E-state index < -0.39 is 0 Å². The average molecular weight is 407 g/mol. The van der Waals surface area contributed by atoms with Gasteiger partial charge in [0.2, 0.25) is 0 Å². The van der Waals surface area contributed by atoms with Gasteiger partial charge in [0, 0.05) is 50.7 Å². The molecule has 8 heteroatoms. The highest BCUT2D eigenvalue weighted by atomic mass is 35.5. The molecule has 1 aliphatic heterocycles. The molecule has 146 valence electrons. The van der Waals surface area contributed by atoms with Crippen molar-refractivity contribution in [3.05, 3.63) is 75.5 Å². The van der Waals surface area contributed by atoms with Crippen LogP contribution in [0.1, 0.15) is 27.2 Å². The van der Waals surface area contributed by atoms with Crippen LogP contribution in [0.3, 0.4) is 0 Å². The summed E-state index contributed by atoms with van der Waals surface area (Å²) >= 11 is 6.37. The number of halogens is 1. The number of amides is 1. The van der Waals surface area contributed by atoms with E-state index in [0.29, 0.717) is 35.1 Å². The lowest BCUT2D eigenvalue weighted by molar-refractivity contribution is 0.0782. The number of fused-ring (bicyclic) bond motifs is 1. The maximum Gasteiger partial charge on any atom is 0.299 e. The fourth-order valence-electron chi connectivity index (χ4n) is 3.51. The van der Waals surface area contributed by atoms with E-state index in [1.807, 2.05) is 37.5 Å². The molecule has 3 heterocycles. The van der Waals surface area contributed by atoms with Crippen molar-refractivity contribution in [1.82, 2.24) is 19.7 Å². The van der Waals surface area contributed by atoms with Crippen molar-refractivity contribution in [3.63, 3.8) is 0 Å². The minimum Gasteiger partial charge on any atom is -0.359 e. The summed E-state index contributed by atoms with van der Waals surface area (Å²) in [5, 5.41) is 7.92. The number of carbonyl (C=O) groups excluding carboxylic acids is 1. The summed E-state index contributed by atoms with van der Waals surface area (Å²) < 4.78 is 1.62. The molecule has 1 N–H and O–H groups in total. The second-order valence-corrected chi connectivity index (χ2v) is 7.44. The van der Waals surface area contributed by atoms with Crippen LogP contribution in [-0.2, 0) is 19.9 Å². The number of anilines is 2. The summed E-state index contributed by atoms with van der Waals surface area (Å²) in [6.07, 6.45) is 4.68. The third-order valence-corrected chi connectivity index (χ3v) is 5.27. The molecule has 0 fully saturated rings. The fraction of sp³-hybridized carbons (Fsp3) is 0.238. The zero-order chi connectivity index (χ0) is 20.5. The molecular formula is C21H19ClN6O. The molecule has 1 aliphatic rings. The number of hydrogen-bond donors (Lipinski definition) is 1. The number of nitrogens with one attached hydrogen (secondary N) is 1. The molecule has 0 aliphatic carbocycles. The first-order valence-corrected chi connectivity index (χ1v) is 9.53. The van der Waals surface area contributed by atoms with Gasteiger partial charge in [-0.25, -0.2) is 4.68 Å². The van der Waals surface area contributed by atoms with E-state index in [4.69, 9.17) is 18.2 Å². The van der Waals surface area contributed by atoms with Crippen LogP contribution in [0.2, 0.25) is 5.02 Å². The number of pyridine rings is 1. The minimum absolute atomic E-state index is 0.00295. The first kappa shape index (κ1) is 19.0. The number of rotatable bonds is 4. The molecule has 0 unspecified atom stereocenters. The normalized spacial score (nSPS) is 13.2. The largest absolute Gasteiger partial charge is 0.359 e. The van der Waals surface area contributed by atoms with Crippen LogP contribution < -0.4 is 5.32 Å². The molecule has 0 saturated heterocycles. The van der Waals surface area contributed by atoms with Crippen molar-refractivity contribution in [2.24, 2.45) is 7.05 Å². The topological polar surface area (TPSA) is 67.4 Å². The molecule has 0 saturated carbocycles. The quantitative estimate of drug-likeness (QED) is 0.665. The molecule has 2 aromatic heterocycles. The molecular weight excluding hydrogens is 388 g/mol. The maximum atomic E-state index is 12.7. The second-order valence-electron chi connectivity index (χ2n) is 7.04. The molecule has 29 heavy (non-hydrogen) atoms. The summed E-state index contributed by atoms with van der Waals surface area (Å²) in [5.41, 5.74) is 4.65. The molecule has 0 radical (unpaired) electrons. The Hall–Kier alpha value is -3.37. The number of aromatic nitrogens is 3. The number of hydrogen-bond acceptors (Lipinski definition) is 4. The zero-order valence-corrected chi connectivity index (χ0v) is 16.9. The number of benzene rings is 1. The molecule has 1 aromatic carbocycles. The first-order valence-electron chi connectivity index (χ1n) is 9.15. The average Bonchev–Trinajstić information content (AvgIpc) is 3.06. The Balaban J connectivity index is 1.66. The molecule has 3 aromatic rings. The van der Waals surface area contributed by atoms with Crippen LogP contribution in [0, 0.1) is 6.57 Å². The van der Waals surface area contributed by atoms with E-state index in [1.54, 1.807) is 22.8 Å². The van der Waals surface area contributed by atoms with Crippen LogP contribution in [0.25, 0.3) is 4.85 Å². The Morgan fingerprint density at radius 1 is 1.31 bits per heavy atom. The van der Waals surface area contributed by atoms with Gasteiger partial charge in [0.15, 0.2) is 0 Å². The van der Waals surface area contributed by atoms with Gasteiger partial charge in [-0.2, -0.15) is 0 Å². The molecule has 0 spiro atoms. The van der Waals surface area contributed by atoms with Crippen molar-refractivity contribution >= 4 is 34.7 Å². The molecule has 4 rings (SSSR count). The highest BCUT2D eigenvalue weighted by molar-refractivity contribution is 6.33. The highest BCUT2D eigenvalue weighted by Gasteiger charge is 2.24. The van der Waals surface area contributed by atoms with Crippen molar-refractivity contribution in [2.45, 2.75) is 12.8 Å². The standard InChI is InChI=1S/C21H19ClN6O/c1-23-20-14(12-28(3)26-20)9-15-10-18(16(22)11-24-15)25-17-6-4-5-13-7-8-27(2)21(29)19(13)17/h4-6,10-12H,7-9H2,2-3H3,(H,24,25). The highest BCUT2D eigenvalue weighted by Crippen LogP contribution is 2.32. The van der Waals surface area contributed by atoms with E-state index in [2.05, 4.69) is 20.2 Å². The summed E-state index contributed by atoms with van der Waals surface area (Å²) in [6, 6.07) is 7.65. The van der Waals surface area contributed by atoms with E-state index in [0.717, 1.165) is 28.9 Å². The van der Waals surface area contributed by atoms with Crippen molar-refractivity contribution in [3.8, 4) is 0 Å². The predicted octanol–water partition coefficient (Wildman–Crippen LogP) is 3.98. The Morgan fingerprint density at radius 2 is 2.14 bits per heavy atom. The Labute approximate surface area is 173 Å². The van der Waals surface area contributed by atoms with Gasteiger partial charge in [0.05, 0.1) is 22.0 Å². The number of carbonyl (C=O) groups is 1. The third-order valence-electron chi connectivity index (χ3n) is 4.97. The van der Waals surface area contributed by atoms with Gasteiger partial charge < -0.3 is 15.1 Å². The van der Waals surface area contributed by atoms with Gasteiger partial charge in [-0.15, -0.1) is 0 Å². The van der Waals surface area contributed by atoms with E-state index in [1.165, 1.54) is 0 Å². The summed E-state index contributed by atoms with van der Waals surface area (Å²) in [7, 11) is 3.59. The SMILES string of the molecule is [C-]#[N+]c1nn(C)cc1Cc1cc(Nc2cccc3c2C(=O)N(C)CC3)c(Cl)cn1. The van der Waals surface area contributed by atoms with Crippen LogP contribution >= 0.6 is 11.6 Å². The molecule has 1 amide bonds. The van der Waals surface area contributed by atoms with Gasteiger partial charge in [0.25, 0.3) is 11.7 Å². The fourth-order valence-corrected chi connectivity index (χ4v) is 3.66. The van der Waals surface area contributed by atoms with Crippen LogP contribution in [0.4, 0.5) is 17.2 Å². The van der Waals surface area contributed by atoms with Crippen LogP contribution in [0.5, 0.6) is 0 Å². The summed E-state index contributed by atoms with van der Waals surface area (Å²) in [5.74, 6) is 0.362. The first-order chi connectivity index (χ1) is 14.0.